The Morgan fingerprint density at radius 2 is 1.24 bits per heavy atom. The molecule has 0 fully saturated rings. The summed E-state index contributed by atoms with van der Waals surface area (Å²) < 4.78 is 14.9. The van der Waals surface area contributed by atoms with Gasteiger partial charge < -0.3 is 4.98 Å². The van der Waals surface area contributed by atoms with Gasteiger partial charge >= 0.3 is 0 Å². The number of hydrogen-bond donors (Lipinski definition) is 1. The molecule has 0 aliphatic carbocycles. The summed E-state index contributed by atoms with van der Waals surface area (Å²) in [6.07, 6.45) is 1.84. The van der Waals surface area contributed by atoms with Crippen molar-refractivity contribution in [1.29, 1.82) is 0 Å². The highest BCUT2D eigenvalue weighted by Crippen LogP contribution is 2.40. The van der Waals surface area contributed by atoms with Crippen molar-refractivity contribution in [2.24, 2.45) is 0 Å². The predicted octanol–water partition coefficient (Wildman–Crippen LogP) is 10.2. The monoisotopic (exact) mass is 547 g/mol. The Morgan fingerprint density at radius 3 is 1.95 bits per heavy atom. The lowest BCUT2D eigenvalue weighted by Crippen LogP contribution is -2.12. The average molecular weight is 548 g/mol. The fraction of sp³-hybridized carbons (Fsp3) is 0.105. The molecule has 204 valence electrons. The minimum atomic E-state index is -0.244. The maximum absolute atomic E-state index is 14.9. The summed E-state index contributed by atoms with van der Waals surface area (Å²) in [5.41, 5.74) is 9.14. The summed E-state index contributed by atoms with van der Waals surface area (Å²) >= 11 is 0. The lowest BCUT2D eigenvalue weighted by molar-refractivity contribution is 0.596. The molecule has 0 aliphatic heterocycles. The molecule has 3 nitrogen and oxygen atoms in total. The van der Waals surface area contributed by atoms with E-state index in [-0.39, 0.29) is 11.2 Å². The number of hydrogen-bond acceptors (Lipinski definition) is 2. The molecule has 0 bridgehead atoms. The smallest absolute Gasteiger partial charge is 0.139 e. The number of nitrogens with zero attached hydrogens (tertiary/aromatic N) is 2. The first-order valence-electron chi connectivity index (χ1n) is 14.2. The molecule has 2 aromatic heterocycles. The third-order valence-corrected chi connectivity index (χ3v) is 7.91. The van der Waals surface area contributed by atoms with E-state index in [4.69, 9.17) is 9.97 Å². The highest BCUT2D eigenvalue weighted by Gasteiger charge is 2.21. The summed E-state index contributed by atoms with van der Waals surface area (Å²) in [6.45, 7) is 6.74. The second-order valence-electron chi connectivity index (χ2n) is 11.7. The van der Waals surface area contributed by atoms with Crippen molar-refractivity contribution in [2.75, 3.05) is 0 Å². The molecule has 0 saturated carbocycles. The first-order valence-corrected chi connectivity index (χ1v) is 14.2. The van der Waals surface area contributed by atoms with Gasteiger partial charge in [-0.1, -0.05) is 112 Å². The van der Waals surface area contributed by atoms with Crippen molar-refractivity contribution in [3.63, 3.8) is 0 Å². The van der Waals surface area contributed by atoms with Crippen molar-refractivity contribution < 1.29 is 4.39 Å². The molecule has 0 radical (unpaired) electrons. The number of aromatic nitrogens is 3. The Balaban J connectivity index is 1.41. The first kappa shape index (κ1) is 25.8. The van der Waals surface area contributed by atoms with Crippen molar-refractivity contribution in [2.45, 2.75) is 26.2 Å². The summed E-state index contributed by atoms with van der Waals surface area (Å²) in [4.78, 5) is 13.5. The third kappa shape index (κ3) is 4.46. The average Bonchev–Trinajstić information content (AvgIpc) is 3.45. The molecule has 7 aromatic rings. The molecular formula is C38H30FN3. The number of rotatable bonds is 4. The van der Waals surface area contributed by atoms with E-state index in [0.29, 0.717) is 5.56 Å². The lowest BCUT2D eigenvalue weighted by atomic mass is 9.82. The summed E-state index contributed by atoms with van der Waals surface area (Å²) in [5.74, 6) is 0.502. The van der Waals surface area contributed by atoms with Crippen LogP contribution in [0, 0.1) is 5.82 Å². The van der Waals surface area contributed by atoms with Gasteiger partial charge in [0.1, 0.15) is 17.2 Å². The second-order valence-corrected chi connectivity index (χ2v) is 11.7. The van der Waals surface area contributed by atoms with Crippen LogP contribution in [0.25, 0.3) is 66.7 Å². The second kappa shape index (κ2) is 10.1. The van der Waals surface area contributed by atoms with Gasteiger partial charge in [0, 0.05) is 22.9 Å². The van der Waals surface area contributed by atoms with E-state index in [9.17, 15) is 4.39 Å². The Kier molecular flexibility index (Phi) is 6.20. The zero-order valence-electron chi connectivity index (χ0n) is 23.8. The van der Waals surface area contributed by atoms with Gasteiger partial charge in [-0.3, -0.25) is 4.98 Å². The quantitative estimate of drug-likeness (QED) is 0.238. The van der Waals surface area contributed by atoms with Crippen LogP contribution in [0.2, 0.25) is 0 Å². The molecule has 4 heteroatoms. The van der Waals surface area contributed by atoms with Crippen LogP contribution in [0.1, 0.15) is 26.3 Å². The Morgan fingerprint density at radius 1 is 0.643 bits per heavy atom. The van der Waals surface area contributed by atoms with E-state index in [1.165, 1.54) is 22.4 Å². The molecule has 5 aromatic carbocycles. The summed E-state index contributed by atoms with van der Waals surface area (Å²) in [7, 11) is 0. The SMILES string of the molecule is CC(C)(C)c1cc(-c2nccc3[nH]c(-c4ccccc4-c4ccccc4-c4ccccc4F)nc23)cc2ccccc12. The van der Waals surface area contributed by atoms with Gasteiger partial charge in [0.05, 0.1) is 11.2 Å². The fourth-order valence-electron chi connectivity index (χ4n) is 5.90. The van der Waals surface area contributed by atoms with Crippen LogP contribution in [-0.4, -0.2) is 15.0 Å². The lowest BCUT2D eigenvalue weighted by Gasteiger charge is -2.22. The number of H-pyrrole nitrogens is 1. The zero-order chi connectivity index (χ0) is 28.8. The molecule has 0 unspecified atom stereocenters. The van der Waals surface area contributed by atoms with E-state index < -0.39 is 0 Å². The molecule has 2 heterocycles. The van der Waals surface area contributed by atoms with Crippen LogP contribution in [0.15, 0.2) is 121 Å². The van der Waals surface area contributed by atoms with E-state index in [1.54, 1.807) is 6.07 Å². The van der Waals surface area contributed by atoms with Crippen LogP contribution in [0.3, 0.4) is 0 Å². The van der Waals surface area contributed by atoms with Crippen LogP contribution in [0.4, 0.5) is 4.39 Å². The Labute approximate surface area is 244 Å². The molecule has 7 rings (SSSR count). The molecule has 0 spiro atoms. The normalized spacial score (nSPS) is 11.8. The molecule has 0 amide bonds. The standard InChI is InChI=1S/C38H30FN3/c1-38(2,3)32-23-25(22-24-12-4-5-13-26(24)32)35-36-34(20-21-40-35)41-37(42-36)31-18-9-8-16-29(31)27-14-6-7-15-28(27)30-17-10-11-19-33(30)39/h4-23H,1-3H3,(H,41,42). The van der Waals surface area contributed by atoms with E-state index in [2.05, 4.69) is 74.3 Å². The van der Waals surface area contributed by atoms with Gasteiger partial charge in [-0.05, 0) is 62.7 Å². The number of nitrogens with one attached hydrogen (secondary N) is 1. The van der Waals surface area contributed by atoms with Crippen molar-refractivity contribution >= 4 is 21.8 Å². The maximum Gasteiger partial charge on any atom is 0.139 e. The number of benzene rings is 5. The first-order chi connectivity index (χ1) is 20.4. The Bertz CT molecular complexity index is 2100. The number of halogens is 1. The Hall–Kier alpha value is -5.09. The molecule has 1 N–H and O–H groups in total. The molecule has 0 saturated heterocycles. The van der Waals surface area contributed by atoms with Crippen LogP contribution < -0.4 is 0 Å². The van der Waals surface area contributed by atoms with Gasteiger partial charge in [0.25, 0.3) is 0 Å². The highest BCUT2D eigenvalue weighted by molar-refractivity contribution is 5.98. The number of fused-ring (bicyclic) bond motifs is 2. The summed E-state index contributed by atoms with van der Waals surface area (Å²) in [5, 5.41) is 2.44. The van der Waals surface area contributed by atoms with E-state index in [1.807, 2.05) is 60.8 Å². The van der Waals surface area contributed by atoms with Crippen molar-refractivity contribution in [3.8, 4) is 44.9 Å². The number of imidazole rings is 1. The molecule has 0 aliphatic rings. The third-order valence-electron chi connectivity index (χ3n) is 7.91. The van der Waals surface area contributed by atoms with Gasteiger partial charge in [-0.2, -0.15) is 0 Å². The van der Waals surface area contributed by atoms with Gasteiger partial charge in [0.2, 0.25) is 0 Å². The van der Waals surface area contributed by atoms with Gasteiger partial charge in [-0.25, -0.2) is 9.37 Å². The molecule has 42 heavy (non-hydrogen) atoms. The predicted molar refractivity (Wildman–Crippen MR) is 172 cm³/mol. The number of pyridine rings is 1. The molecular weight excluding hydrogens is 517 g/mol. The zero-order valence-corrected chi connectivity index (χ0v) is 23.8. The fourth-order valence-corrected chi connectivity index (χ4v) is 5.90. The van der Waals surface area contributed by atoms with Crippen molar-refractivity contribution in [3.05, 3.63) is 133 Å². The summed E-state index contributed by atoms with van der Waals surface area (Å²) in [6, 6.07) is 38.0. The van der Waals surface area contributed by atoms with Crippen LogP contribution in [0.5, 0.6) is 0 Å². The van der Waals surface area contributed by atoms with Crippen LogP contribution in [-0.2, 0) is 5.41 Å². The van der Waals surface area contributed by atoms with E-state index in [0.717, 1.165) is 50.4 Å². The highest BCUT2D eigenvalue weighted by atomic mass is 19.1. The largest absolute Gasteiger partial charge is 0.338 e. The van der Waals surface area contributed by atoms with Crippen LogP contribution >= 0.6 is 0 Å². The minimum absolute atomic E-state index is 0.0369. The minimum Gasteiger partial charge on any atom is -0.338 e. The maximum atomic E-state index is 14.9. The molecule has 0 atom stereocenters. The van der Waals surface area contributed by atoms with Gasteiger partial charge in [0.15, 0.2) is 0 Å². The van der Waals surface area contributed by atoms with Gasteiger partial charge in [-0.15, -0.1) is 0 Å². The van der Waals surface area contributed by atoms with Crippen molar-refractivity contribution in [1.82, 2.24) is 15.0 Å². The number of aromatic amines is 1. The topological polar surface area (TPSA) is 41.6 Å². The van der Waals surface area contributed by atoms with E-state index >= 15 is 0 Å².